The molecule has 1 aromatic carbocycles. The van der Waals surface area contributed by atoms with E-state index in [0.29, 0.717) is 0 Å². The molecule has 0 fully saturated rings. The molecule has 2 nitrogen and oxygen atoms in total. The van der Waals surface area contributed by atoms with E-state index in [9.17, 15) is 0 Å². The van der Waals surface area contributed by atoms with E-state index in [1.807, 2.05) is 58.0 Å². The van der Waals surface area contributed by atoms with Crippen molar-refractivity contribution in [3.8, 4) is 0 Å². The van der Waals surface area contributed by atoms with Crippen LogP contribution in [0.3, 0.4) is 0 Å². The molecule has 0 saturated heterocycles. The first-order valence-electron chi connectivity index (χ1n) is 6.74. The minimum absolute atomic E-state index is 0.801. The van der Waals surface area contributed by atoms with Gasteiger partial charge in [0.2, 0.25) is 0 Å². The van der Waals surface area contributed by atoms with Gasteiger partial charge in [-0.25, -0.2) is 4.98 Å². The largest absolute Gasteiger partial charge is 0.366 e. The number of aromatic nitrogens is 1. The Hall–Kier alpha value is -1.35. The van der Waals surface area contributed by atoms with Gasteiger partial charge in [-0.15, -0.1) is 0 Å². The van der Waals surface area contributed by atoms with E-state index in [4.69, 9.17) is 0 Å². The zero-order valence-electron chi connectivity index (χ0n) is 12.2. The maximum Gasteiger partial charge on any atom is 0.126 e. The maximum atomic E-state index is 4.24. The van der Waals surface area contributed by atoms with Crippen LogP contribution in [-0.2, 0) is 6.54 Å². The van der Waals surface area contributed by atoms with Gasteiger partial charge in [-0.1, -0.05) is 58.0 Å². The second-order valence-electron chi connectivity index (χ2n) is 3.20. The van der Waals surface area contributed by atoms with Gasteiger partial charge in [0.15, 0.2) is 0 Å². The molecule has 3 heteroatoms. The lowest BCUT2D eigenvalue weighted by Crippen LogP contribution is -2.00. The van der Waals surface area contributed by atoms with Gasteiger partial charge in [-0.05, 0) is 33.6 Å². The van der Waals surface area contributed by atoms with Crippen molar-refractivity contribution in [2.45, 2.75) is 34.2 Å². The van der Waals surface area contributed by atoms with Gasteiger partial charge < -0.3 is 5.32 Å². The Labute approximate surface area is 125 Å². The third-order valence-electron chi connectivity index (χ3n) is 2.04. The quantitative estimate of drug-likeness (QED) is 0.806. The molecule has 0 aliphatic heterocycles. The number of nitrogens with one attached hydrogen (secondary N) is 1. The number of halogens is 1. The van der Waals surface area contributed by atoms with Crippen molar-refractivity contribution < 1.29 is 0 Å². The van der Waals surface area contributed by atoms with E-state index in [1.54, 1.807) is 6.20 Å². The van der Waals surface area contributed by atoms with Gasteiger partial charge in [0.05, 0.1) is 0 Å². The molecule has 0 amide bonds. The highest BCUT2D eigenvalue weighted by atomic mass is 79.9. The monoisotopic (exact) mass is 322 g/mol. The predicted molar refractivity (Wildman–Crippen MR) is 88.4 cm³/mol. The lowest BCUT2D eigenvalue weighted by atomic mass is 10.2. The Bertz CT molecular complexity index is 413. The summed E-state index contributed by atoms with van der Waals surface area (Å²) in [5.41, 5.74) is 1.25. The number of hydrogen-bond donors (Lipinski definition) is 1. The standard InChI is InChI=1S/C12H11BrN2.2C2H6/c13-11-6-7-12(15-9-11)14-8-10-4-2-1-3-5-10;2*1-2/h1-7,9H,8H2,(H,14,15);2*1-2H3. The molecule has 2 aromatic rings. The van der Waals surface area contributed by atoms with Crippen LogP contribution in [0.15, 0.2) is 53.1 Å². The second-order valence-corrected chi connectivity index (χ2v) is 4.12. The van der Waals surface area contributed by atoms with Crippen molar-refractivity contribution in [3.63, 3.8) is 0 Å². The van der Waals surface area contributed by atoms with Crippen LogP contribution in [0.4, 0.5) is 5.82 Å². The summed E-state index contributed by atoms with van der Waals surface area (Å²) in [6.45, 7) is 8.80. The van der Waals surface area contributed by atoms with E-state index in [0.717, 1.165) is 16.8 Å². The van der Waals surface area contributed by atoms with Crippen LogP contribution < -0.4 is 5.32 Å². The van der Waals surface area contributed by atoms with Crippen molar-refractivity contribution in [2.24, 2.45) is 0 Å². The Balaban J connectivity index is 0.000000741. The molecule has 0 aliphatic rings. The molecular formula is C16H23BrN2. The summed E-state index contributed by atoms with van der Waals surface area (Å²) in [5.74, 6) is 0.891. The average Bonchev–Trinajstić information content (AvgIpc) is 2.52. The number of nitrogens with zero attached hydrogens (tertiary/aromatic N) is 1. The van der Waals surface area contributed by atoms with Crippen LogP contribution in [0.5, 0.6) is 0 Å². The molecular weight excluding hydrogens is 300 g/mol. The lowest BCUT2D eigenvalue weighted by Gasteiger charge is -2.04. The first-order valence-corrected chi connectivity index (χ1v) is 7.53. The summed E-state index contributed by atoms with van der Waals surface area (Å²) in [5, 5.41) is 3.26. The number of anilines is 1. The molecule has 0 radical (unpaired) electrons. The second kappa shape index (κ2) is 11.7. The highest BCUT2D eigenvalue weighted by Gasteiger charge is 1.94. The number of pyridine rings is 1. The van der Waals surface area contributed by atoms with Crippen molar-refractivity contribution in [2.75, 3.05) is 5.32 Å². The summed E-state index contributed by atoms with van der Waals surface area (Å²) in [6.07, 6.45) is 1.79. The van der Waals surface area contributed by atoms with Gasteiger partial charge >= 0.3 is 0 Å². The third kappa shape index (κ3) is 7.62. The van der Waals surface area contributed by atoms with Gasteiger partial charge in [0.25, 0.3) is 0 Å². The highest BCUT2D eigenvalue weighted by molar-refractivity contribution is 9.10. The van der Waals surface area contributed by atoms with E-state index >= 15 is 0 Å². The molecule has 1 aromatic heterocycles. The fourth-order valence-corrected chi connectivity index (χ4v) is 1.50. The third-order valence-corrected chi connectivity index (χ3v) is 2.51. The topological polar surface area (TPSA) is 24.9 Å². The average molecular weight is 323 g/mol. The van der Waals surface area contributed by atoms with E-state index in [2.05, 4.69) is 38.4 Å². The zero-order valence-corrected chi connectivity index (χ0v) is 13.7. The number of rotatable bonds is 3. The first-order chi connectivity index (χ1) is 9.34. The van der Waals surface area contributed by atoms with Crippen LogP contribution >= 0.6 is 15.9 Å². The zero-order chi connectivity index (χ0) is 14.5. The summed E-state index contributed by atoms with van der Waals surface area (Å²) in [4.78, 5) is 4.24. The van der Waals surface area contributed by atoms with Gasteiger partial charge in [-0.2, -0.15) is 0 Å². The Kier molecular flexibility index (Phi) is 10.9. The normalized spacial score (nSPS) is 8.47. The maximum absolute atomic E-state index is 4.24. The highest BCUT2D eigenvalue weighted by Crippen LogP contribution is 2.11. The molecule has 1 heterocycles. The minimum Gasteiger partial charge on any atom is -0.366 e. The molecule has 0 aliphatic carbocycles. The Morgan fingerprint density at radius 3 is 2.11 bits per heavy atom. The fraction of sp³-hybridized carbons (Fsp3) is 0.312. The first kappa shape index (κ1) is 17.6. The van der Waals surface area contributed by atoms with Crippen LogP contribution in [0.25, 0.3) is 0 Å². The van der Waals surface area contributed by atoms with Crippen LogP contribution in [0.2, 0.25) is 0 Å². The predicted octanol–water partition coefficient (Wildman–Crippen LogP) is 5.51. The number of hydrogen-bond acceptors (Lipinski definition) is 2. The molecule has 0 bridgehead atoms. The molecule has 0 atom stereocenters. The Morgan fingerprint density at radius 1 is 0.947 bits per heavy atom. The van der Waals surface area contributed by atoms with Gasteiger partial charge in [0.1, 0.15) is 5.82 Å². The molecule has 104 valence electrons. The molecule has 1 N–H and O–H groups in total. The summed E-state index contributed by atoms with van der Waals surface area (Å²) in [6, 6.07) is 14.2. The van der Waals surface area contributed by atoms with E-state index < -0.39 is 0 Å². The lowest BCUT2D eigenvalue weighted by molar-refractivity contribution is 1.11. The van der Waals surface area contributed by atoms with E-state index in [1.165, 1.54) is 5.56 Å². The summed E-state index contributed by atoms with van der Waals surface area (Å²) >= 11 is 3.35. The molecule has 2 rings (SSSR count). The van der Waals surface area contributed by atoms with Crippen molar-refractivity contribution >= 4 is 21.7 Å². The molecule has 19 heavy (non-hydrogen) atoms. The molecule has 0 unspecified atom stereocenters. The molecule has 0 spiro atoms. The number of benzene rings is 1. The minimum atomic E-state index is 0.801. The summed E-state index contributed by atoms with van der Waals surface area (Å²) < 4.78 is 0.993. The van der Waals surface area contributed by atoms with Gasteiger partial charge in [-0.3, -0.25) is 0 Å². The van der Waals surface area contributed by atoms with Crippen LogP contribution in [-0.4, -0.2) is 4.98 Å². The molecule has 0 saturated carbocycles. The smallest absolute Gasteiger partial charge is 0.126 e. The van der Waals surface area contributed by atoms with Crippen LogP contribution in [0.1, 0.15) is 33.3 Å². The summed E-state index contributed by atoms with van der Waals surface area (Å²) in [7, 11) is 0. The van der Waals surface area contributed by atoms with Gasteiger partial charge in [0, 0.05) is 17.2 Å². The SMILES string of the molecule is Brc1ccc(NCc2ccccc2)nc1.CC.CC. The van der Waals surface area contributed by atoms with E-state index in [-0.39, 0.29) is 0 Å². The van der Waals surface area contributed by atoms with Crippen LogP contribution in [0, 0.1) is 0 Å². The fourth-order valence-electron chi connectivity index (χ4n) is 1.27. The van der Waals surface area contributed by atoms with Crippen molar-refractivity contribution in [1.29, 1.82) is 0 Å². The van der Waals surface area contributed by atoms with Crippen molar-refractivity contribution in [3.05, 3.63) is 58.7 Å². The Morgan fingerprint density at radius 2 is 1.58 bits per heavy atom. The van der Waals surface area contributed by atoms with Crippen molar-refractivity contribution in [1.82, 2.24) is 4.98 Å².